The second-order valence-electron chi connectivity index (χ2n) is 6.27. The topological polar surface area (TPSA) is 68.5 Å². The molecule has 3 aromatic rings. The van der Waals surface area contributed by atoms with E-state index in [0.717, 1.165) is 11.3 Å². The normalized spacial score (nSPS) is 16.7. The molecule has 2 heterocycles. The zero-order valence-electron chi connectivity index (χ0n) is 14.8. The summed E-state index contributed by atoms with van der Waals surface area (Å²) in [6.45, 7) is 2.93. The number of carbonyl (C=O) groups is 1. The van der Waals surface area contributed by atoms with Crippen molar-refractivity contribution in [3.63, 3.8) is 0 Å². The number of halogens is 1. The van der Waals surface area contributed by atoms with Crippen LogP contribution in [0.4, 0.5) is 5.69 Å². The van der Waals surface area contributed by atoms with Gasteiger partial charge in [0, 0.05) is 23.6 Å². The quantitative estimate of drug-likeness (QED) is 0.656. The molecule has 27 heavy (non-hydrogen) atoms. The highest BCUT2D eigenvalue weighted by atomic mass is 35.5. The number of ether oxygens (including phenoxy) is 1. The molecule has 0 radical (unpaired) electrons. The van der Waals surface area contributed by atoms with E-state index in [1.807, 2.05) is 43.3 Å². The van der Waals surface area contributed by atoms with Gasteiger partial charge in [0.05, 0.1) is 18.2 Å². The maximum atomic E-state index is 12.6. The number of anilines is 1. The van der Waals surface area contributed by atoms with Crippen molar-refractivity contribution >= 4 is 23.2 Å². The third-order valence-corrected chi connectivity index (χ3v) is 4.69. The summed E-state index contributed by atoms with van der Waals surface area (Å²) in [5, 5.41) is 4.65. The molecule has 1 aliphatic rings. The summed E-state index contributed by atoms with van der Waals surface area (Å²) >= 11 is 6.03. The molecule has 6 nitrogen and oxygen atoms in total. The van der Waals surface area contributed by atoms with Crippen molar-refractivity contribution in [3.8, 4) is 17.1 Å². The molecule has 4 rings (SSSR count). The number of carbonyl (C=O) groups excluding carboxylic acids is 1. The molecule has 0 bridgehead atoms. The first-order valence-corrected chi connectivity index (χ1v) is 9.15. The van der Waals surface area contributed by atoms with Gasteiger partial charge in [-0.15, -0.1) is 0 Å². The van der Waals surface area contributed by atoms with Gasteiger partial charge in [0.25, 0.3) is 0 Å². The van der Waals surface area contributed by atoms with Gasteiger partial charge in [-0.1, -0.05) is 41.0 Å². The zero-order chi connectivity index (χ0) is 18.8. The Morgan fingerprint density at radius 3 is 2.93 bits per heavy atom. The largest absolute Gasteiger partial charge is 0.492 e. The maximum Gasteiger partial charge on any atom is 0.232 e. The van der Waals surface area contributed by atoms with Crippen LogP contribution in [0.15, 0.2) is 53.1 Å². The lowest BCUT2D eigenvalue weighted by Gasteiger charge is -2.19. The van der Waals surface area contributed by atoms with Gasteiger partial charge >= 0.3 is 0 Å². The second kappa shape index (κ2) is 7.40. The lowest BCUT2D eigenvalue weighted by Crippen LogP contribution is -2.25. The van der Waals surface area contributed by atoms with Crippen molar-refractivity contribution in [2.24, 2.45) is 0 Å². The smallest absolute Gasteiger partial charge is 0.232 e. The van der Waals surface area contributed by atoms with Crippen molar-refractivity contribution in [1.29, 1.82) is 0 Å². The summed E-state index contributed by atoms with van der Waals surface area (Å²) in [4.78, 5) is 18.8. The van der Waals surface area contributed by atoms with Gasteiger partial charge in [0.1, 0.15) is 5.75 Å². The zero-order valence-corrected chi connectivity index (χ0v) is 15.5. The van der Waals surface area contributed by atoms with Crippen LogP contribution in [0.25, 0.3) is 11.4 Å². The van der Waals surface area contributed by atoms with Crippen molar-refractivity contribution < 1.29 is 14.1 Å². The maximum absolute atomic E-state index is 12.6. The van der Waals surface area contributed by atoms with E-state index >= 15 is 0 Å². The molecule has 0 N–H and O–H groups in total. The number of para-hydroxylation sites is 2. The van der Waals surface area contributed by atoms with Crippen LogP contribution in [0.2, 0.25) is 5.02 Å². The van der Waals surface area contributed by atoms with E-state index in [9.17, 15) is 4.79 Å². The van der Waals surface area contributed by atoms with Crippen LogP contribution in [0, 0.1) is 0 Å². The lowest BCUT2D eigenvalue weighted by atomic mass is 10.1. The number of nitrogens with zero attached hydrogens (tertiary/aromatic N) is 3. The minimum Gasteiger partial charge on any atom is -0.492 e. The van der Waals surface area contributed by atoms with Crippen LogP contribution in [-0.4, -0.2) is 29.2 Å². The number of rotatable bonds is 5. The molecule has 0 saturated carbocycles. The summed E-state index contributed by atoms with van der Waals surface area (Å²) in [5.41, 5.74) is 1.54. The fourth-order valence-corrected chi connectivity index (χ4v) is 3.40. The summed E-state index contributed by atoms with van der Waals surface area (Å²) < 4.78 is 11.1. The summed E-state index contributed by atoms with van der Waals surface area (Å²) in [7, 11) is 0. The summed E-state index contributed by atoms with van der Waals surface area (Å²) in [6.07, 6.45) is 0.317. The number of benzene rings is 2. The third-order valence-electron chi connectivity index (χ3n) is 4.45. The molecular formula is C20H18ClN3O3. The Kier molecular flexibility index (Phi) is 4.81. The average molecular weight is 384 g/mol. The van der Waals surface area contributed by atoms with Crippen molar-refractivity contribution in [2.45, 2.75) is 19.3 Å². The van der Waals surface area contributed by atoms with E-state index in [4.69, 9.17) is 20.9 Å². The van der Waals surface area contributed by atoms with Crippen molar-refractivity contribution in [3.05, 3.63) is 59.4 Å². The Labute approximate surface area is 161 Å². The van der Waals surface area contributed by atoms with E-state index in [2.05, 4.69) is 10.1 Å². The Morgan fingerprint density at radius 1 is 1.26 bits per heavy atom. The number of hydrogen-bond acceptors (Lipinski definition) is 5. The van der Waals surface area contributed by atoms with Crippen LogP contribution >= 0.6 is 11.6 Å². The minimum atomic E-state index is -0.160. The highest BCUT2D eigenvalue weighted by molar-refractivity contribution is 6.30. The van der Waals surface area contributed by atoms with Crippen LogP contribution < -0.4 is 9.64 Å². The molecule has 2 aromatic carbocycles. The average Bonchev–Trinajstić information content (AvgIpc) is 3.29. The van der Waals surface area contributed by atoms with Gasteiger partial charge in [0.2, 0.25) is 17.6 Å². The molecule has 1 fully saturated rings. The molecule has 7 heteroatoms. The van der Waals surface area contributed by atoms with E-state index < -0.39 is 0 Å². The number of amides is 1. The van der Waals surface area contributed by atoms with Gasteiger partial charge in [-0.2, -0.15) is 4.98 Å². The first kappa shape index (κ1) is 17.5. The Morgan fingerprint density at radius 2 is 2.11 bits per heavy atom. The highest BCUT2D eigenvalue weighted by Gasteiger charge is 2.36. The highest BCUT2D eigenvalue weighted by Crippen LogP contribution is 2.36. The SMILES string of the molecule is CCOc1ccccc1N1CC(c2nc(-c3cccc(Cl)c3)no2)CC1=O. The molecule has 1 saturated heterocycles. The first-order chi connectivity index (χ1) is 13.2. The molecule has 1 aliphatic heterocycles. The van der Waals surface area contributed by atoms with Crippen LogP contribution in [0.3, 0.4) is 0 Å². The standard InChI is InChI=1S/C20H18ClN3O3/c1-2-26-17-9-4-3-8-16(17)24-12-14(11-18(24)25)20-22-19(23-27-20)13-6-5-7-15(21)10-13/h3-10,14H,2,11-12H2,1H3. The van der Waals surface area contributed by atoms with Gasteiger partial charge < -0.3 is 14.2 Å². The molecule has 0 spiro atoms. The number of hydrogen-bond donors (Lipinski definition) is 0. The summed E-state index contributed by atoms with van der Waals surface area (Å²) in [5.74, 6) is 1.46. The van der Waals surface area contributed by atoms with Crippen molar-refractivity contribution in [1.82, 2.24) is 10.1 Å². The fourth-order valence-electron chi connectivity index (χ4n) is 3.21. The first-order valence-electron chi connectivity index (χ1n) is 8.77. The van der Waals surface area contributed by atoms with Crippen LogP contribution in [0.5, 0.6) is 5.75 Å². The molecule has 0 aliphatic carbocycles. The molecule has 1 amide bonds. The van der Waals surface area contributed by atoms with Gasteiger partial charge in [-0.05, 0) is 31.2 Å². The monoisotopic (exact) mass is 383 g/mol. The molecular weight excluding hydrogens is 366 g/mol. The Bertz CT molecular complexity index is 972. The second-order valence-corrected chi connectivity index (χ2v) is 6.71. The van der Waals surface area contributed by atoms with E-state index in [0.29, 0.717) is 42.1 Å². The van der Waals surface area contributed by atoms with Gasteiger partial charge in [0.15, 0.2) is 0 Å². The predicted octanol–water partition coefficient (Wildman–Crippen LogP) is 4.31. The number of aromatic nitrogens is 2. The van der Waals surface area contributed by atoms with E-state index in [-0.39, 0.29) is 11.8 Å². The predicted molar refractivity (Wildman–Crippen MR) is 102 cm³/mol. The summed E-state index contributed by atoms with van der Waals surface area (Å²) in [6, 6.07) is 14.8. The van der Waals surface area contributed by atoms with Gasteiger partial charge in [-0.3, -0.25) is 4.79 Å². The minimum absolute atomic E-state index is 0.00894. The molecule has 1 atom stereocenters. The van der Waals surface area contributed by atoms with Crippen molar-refractivity contribution in [2.75, 3.05) is 18.1 Å². The third kappa shape index (κ3) is 3.53. The van der Waals surface area contributed by atoms with Crippen LogP contribution in [0.1, 0.15) is 25.2 Å². The molecule has 1 unspecified atom stereocenters. The lowest BCUT2D eigenvalue weighted by molar-refractivity contribution is -0.117. The van der Waals surface area contributed by atoms with Gasteiger partial charge in [-0.25, -0.2) is 0 Å². The molecule has 138 valence electrons. The fraction of sp³-hybridized carbons (Fsp3) is 0.250. The Hall–Kier alpha value is -2.86. The van der Waals surface area contributed by atoms with E-state index in [1.165, 1.54) is 0 Å². The Balaban J connectivity index is 1.57. The van der Waals surface area contributed by atoms with Crippen LogP contribution in [-0.2, 0) is 4.79 Å². The molecule has 1 aromatic heterocycles. The van der Waals surface area contributed by atoms with E-state index in [1.54, 1.807) is 17.0 Å².